The van der Waals surface area contributed by atoms with Crippen LogP contribution in [0.1, 0.15) is 0 Å². The summed E-state index contributed by atoms with van der Waals surface area (Å²) in [5.74, 6) is 0. The van der Waals surface area contributed by atoms with Crippen LogP contribution >= 0.6 is 14.3 Å². The van der Waals surface area contributed by atoms with Crippen molar-refractivity contribution in [2.24, 2.45) is 0 Å². The fourth-order valence-electron chi connectivity index (χ4n) is 3.77. The largest absolute Gasteiger partial charge is 0.314 e. The van der Waals surface area contributed by atoms with E-state index >= 15 is 0 Å². The summed E-state index contributed by atoms with van der Waals surface area (Å²) < 4.78 is 28.8. The predicted molar refractivity (Wildman–Crippen MR) is 135 cm³/mol. The molecule has 0 heterocycles. The average molecular weight is 464 g/mol. The van der Waals surface area contributed by atoms with Gasteiger partial charge in [0.05, 0.1) is 0 Å². The van der Waals surface area contributed by atoms with Gasteiger partial charge in [-0.3, -0.25) is 10.5 Å². The van der Waals surface area contributed by atoms with Gasteiger partial charge in [-0.25, -0.2) is 0 Å². The molecule has 4 nitrogen and oxygen atoms in total. The molecule has 0 saturated carbocycles. The monoisotopic (exact) mass is 464 g/mol. The van der Waals surface area contributed by atoms with E-state index in [1.165, 1.54) is 0 Å². The zero-order chi connectivity index (χ0) is 22.9. The number of rotatable bonds is 7. The highest BCUT2D eigenvalue weighted by Gasteiger charge is 2.33. The van der Waals surface area contributed by atoms with Crippen LogP contribution in [0.2, 0.25) is 0 Å². The fourth-order valence-corrected chi connectivity index (χ4v) is 10.3. The first-order chi connectivity index (χ1) is 15.6. The summed E-state index contributed by atoms with van der Waals surface area (Å²) in [6.45, 7) is 0. The van der Waals surface area contributed by atoms with E-state index in [2.05, 4.69) is 0 Å². The van der Waals surface area contributed by atoms with Gasteiger partial charge in [-0.15, -0.1) is 0 Å². The molecule has 0 aliphatic rings. The van der Waals surface area contributed by atoms with E-state index in [9.17, 15) is 9.13 Å². The molecule has 0 saturated heterocycles. The van der Waals surface area contributed by atoms with Crippen molar-refractivity contribution in [3.63, 3.8) is 0 Å². The smallest absolute Gasteiger partial charge is 0.143 e. The molecule has 32 heavy (non-hydrogen) atoms. The van der Waals surface area contributed by atoms with Gasteiger partial charge in [0.25, 0.3) is 0 Å². The van der Waals surface area contributed by atoms with E-state index < -0.39 is 14.3 Å². The maximum absolute atomic E-state index is 14.4. The van der Waals surface area contributed by atoms with Gasteiger partial charge < -0.3 is 9.13 Å². The minimum absolute atomic E-state index is 0.349. The summed E-state index contributed by atoms with van der Waals surface area (Å²) in [5, 5.41) is 15.2. The van der Waals surface area contributed by atoms with Crippen molar-refractivity contribution in [3.8, 4) is 0 Å². The second kappa shape index (κ2) is 11.2. The lowest BCUT2D eigenvalue weighted by Crippen LogP contribution is -2.24. The predicted octanol–water partition coefficient (Wildman–Crippen LogP) is 5.03. The van der Waals surface area contributed by atoms with Crippen LogP contribution in [0.5, 0.6) is 0 Å². The Morgan fingerprint density at radius 2 is 0.594 bits per heavy atom. The molecule has 164 valence electrons. The second-order valence-electron chi connectivity index (χ2n) is 7.27. The third kappa shape index (κ3) is 5.18. The standard InChI is InChI=1S/C26H24O2P2.H2O2/c27-29(23-13-5-1-6-14-23,24-15-7-2-8-16-24)21-22-30(28,25-17-9-3-10-18-25)26-19-11-4-12-20-26;1-2/h1-20H,21-22H2;1-2H. The minimum Gasteiger partial charge on any atom is -0.314 e. The molecule has 4 rings (SSSR count). The molecule has 6 heteroatoms. The summed E-state index contributed by atoms with van der Waals surface area (Å²) in [4.78, 5) is 0. The summed E-state index contributed by atoms with van der Waals surface area (Å²) in [7, 11) is -5.87. The zero-order valence-electron chi connectivity index (χ0n) is 17.6. The quantitative estimate of drug-likeness (QED) is 0.229. The molecular formula is C26H26O4P2. The average Bonchev–Trinajstić information content (AvgIpc) is 2.90. The molecule has 0 unspecified atom stereocenters. The van der Waals surface area contributed by atoms with Crippen LogP contribution < -0.4 is 21.2 Å². The minimum atomic E-state index is -2.93. The lowest BCUT2D eigenvalue weighted by molar-refractivity contribution is -0.176. The number of hydrogen-bond donors (Lipinski definition) is 2. The van der Waals surface area contributed by atoms with Crippen LogP contribution in [0.4, 0.5) is 0 Å². The summed E-state index contributed by atoms with van der Waals surface area (Å²) >= 11 is 0. The Labute approximate surface area is 188 Å². The SMILES string of the molecule is O=P(CCP(=O)(c1ccccc1)c1ccccc1)(c1ccccc1)c1ccccc1.OO. The van der Waals surface area contributed by atoms with Gasteiger partial charge in [0, 0.05) is 33.5 Å². The van der Waals surface area contributed by atoms with E-state index in [1.54, 1.807) is 0 Å². The Hall–Kier alpha value is -2.74. The van der Waals surface area contributed by atoms with Crippen molar-refractivity contribution in [3.05, 3.63) is 121 Å². The van der Waals surface area contributed by atoms with Crippen molar-refractivity contribution in [1.82, 2.24) is 0 Å². The first kappa shape index (κ1) is 23.9. The Morgan fingerprint density at radius 3 is 0.781 bits per heavy atom. The number of benzene rings is 4. The zero-order valence-corrected chi connectivity index (χ0v) is 19.4. The van der Waals surface area contributed by atoms with Crippen molar-refractivity contribution in [1.29, 1.82) is 0 Å². The van der Waals surface area contributed by atoms with Crippen molar-refractivity contribution in [2.45, 2.75) is 0 Å². The van der Waals surface area contributed by atoms with Crippen LogP contribution in [-0.4, -0.2) is 22.8 Å². The third-order valence-electron chi connectivity index (χ3n) is 5.42. The van der Waals surface area contributed by atoms with Crippen molar-refractivity contribution >= 4 is 35.5 Å². The first-order valence-electron chi connectivity index (χ1n) is 10.2. The highest BCUT2D eigenvalue weighted by molar-refractivity contribution is 7.82. The third-order valence-corrected chi connectivity index (χ3v) is 12.0. The molecule has 0 aliphatic carbocycles. The Bertz CT molecular complexity index is 998. The molecule has 0 atom stereocenters. The van der Waals surface area contributed by atoms with E-state index in [4.69, 9.17) is 10.5 Å². The molecule has 4 aromatic rings. The highest BCUT2D eigenvalue weighted by atomic mass is 31.2. The molecular weight excluding hydrogens is 438 g/mol. The topological polar surface area (TPSA) is 74.6 Å². The molecule has 4 aromatic carbocycles. The van der Waals surface area contributed by atoms with Crippen molar-refractivity contribution < 1.29 is 19.6 Å². The van der Waals surface area contributed by atoms with E-state index in [0.717, 1.165) is 21.2 Å². The number of hydrogen-bond acceptors (Lipinski definition) is 4. The van der Waals surface area contributed by atoms with Crippen LogP contribution in [0.15, 0.2) is 121 Å². The Kier molecular flexibility index (Phi) is 8.39. The molecule has 0 amide bonds. The van der Waals surface area contributed by atoms with Crippen LogP contribution in [0.25, 0.3) is 0 Å². The molecule has 0 fully saturated rings. The molecule has 0 aromatic heterocycles. The lowest BCUT2D eigenvalue weighted by Gasteiger charge is -2.24. The summed E-state index contributed by atoms with van der Waals surface area (Å²) in [6.07, 6.45) is 0.699. The summed E-state index contributed by atoms with van der Waals surface area (Å²) in [6, 6.07) is 38.4. The van der Waals surface area contributed by atoms with Crippen LogP contribution in [0, 0.1) is 0 Å². The van der Waals surface area contributed by atoms with E-state index in [-0.39, 0.29) is 0 Å². The molecule has 0 bridgehead atoms. The highest BCUT2D eigenvalue weighted by Crippen LogP contribution is 2.50. The molecule has 0 aliphatic heterocycles. The van der Waals surface area contributed by atoms with Gasteiger partial charge in [0.2, 0.25) is 0 Å². The molecule has 2 N–H and O–H groups in total. The van der Waals surface area contributed by atoms with Gasteiger partial charge in [-0.05, 0) is 0 Å². The molecule has 0 radical (unpaired) electrons. The van der Waals surface area contributed by atoms with E-state index in [0.29, 0.717) is 12.3 Å². The van der Waals surface area contributed by atoms with Crippen LogP contribution in [-0.2, 0) is 9.13 Å². The fraction of sp³-hybridized carbons (Fsp3) is 0.0769. The second-order valence-corrected chi connectivity index (χ2v) is 13.2. The van der Waals surface area contributed by atoms with E-state index in [1.807, 2.05) is 121 Å². The van der Waals surface area contributed by atoms with Gasteiger partial charge in [-0.1, -0.05) is 121 Å². The van der Waals surface area contributed by atoms with Gasteiger partial charge in [0.15, 0.2) is 0 Å². The maximum atomic E-state index is 14.4. The first-order valence-corrected chi connectivity index (χ1v) is 14.0. The lowest BCUT2D eigenvalue weighted by atomic mass is 10.4. The molecule has 0 spiro atoms. The van der Waals surface area contributed by atoms with Gasteiger partial charge in [-0.2, -0.15) is 0 Å². The Morgan fingerprint density at radius 1 is 0.406 bits per heavy atom. The summed E-state index contributed by atoms with van der Waals surface area (Å²) in [5.41, 5.74) is 0. The Balaban J connectivity index is 0.00000141. The normalized spacial score (nSPS) is 11.3. The van der Waals surface area contributed by atoms with Crippen LogP contribution in [0.3, 0.4) is 0 Å². The van der Waals surface area contributed by atoms with Gasteiger partial charge in [0.1, 0.15) is 14.3 Å². The maximum Gasteiger partial charge on any atom is 0.143 e. The van der Waals surface area contributed by atoms with Crippen molar-refractivity contribution in [2.75, 3.05) is 12.3 Å². The van der Waals surface area contributed by atoms with Gasteiger partial charge >= 0.3 is 0 Å².